The number of hydrogen-bond acceptors (Lipinski definition) is 9. The van der Waals surface area contributed by atoms with Gasteiger partial charge in [-0.05, 0) is 5.56 Å². The lowest BCUT2D eigenvalue weighted by atomic mass is 10.1. The van der Waals surface area contributed by atoms with E-state index in [1.54, 1.807) is 0 Å². The molecule has 0 unspecified atom stereocenters. The molecule has 156 valence electrons. The summed E-state index contributed by atoms with van der Waals surface area (Å²) in [6, 6.07) is 2.69. The highest BCUT2D eigenvalue weighted by Gasteiger charge is 2.17. The van der Waals surface area contributed by atoms with E-state index < -0.39 is 4.92 Å². The highest BCUT2D eigenvalue weighted by Crippen LogP contribution is 2.26. The molecule has 9 nitrogen and oxygen atoms in total. The maximum atomic E-state index is 11.2. The average molecular weight is 414 g/mol. The van der Waals surface area contributed by atoms with Gasteiger partial charge in [-0.25, -0.2) is 0 Å². The second-order valence-corrected chi connectivity index (χ2v) is 6.59. The normalized spacial score (nSPS) is 18.8. The summed E-state index contributed by atoms with van der Waals surface area (Å²) in [5.74, 6) is 0. The monoisotopic (exact) mass is 414 g/mol. The molecule has 0 bridgehead atoms. The Hall–Kier alpha value is -1.56. The molecule has 28 heavy (non-hydrogen) atoms. The van der Waals surface area contributed by atoms with Gasteiger partial charge in [0.2, 0.25) is 0 Å². The van der Waals surface area contributed by atoms with Crippen molar-refractivity contribution in [2.24, 2.45) is 0 Å². The van der Waals surface area contributed by atoms with Crippen molar-refractivity contribution in [3.63, 3.8) is 0 Å². The molecule has 0 radical (unpaired) electrons. The van der Waals surface area contributed by atoms with Crippen molar-refractivity contribution in [3.05, 3.63) is 33.4 Å². The molecule has 0 N–H and O–H groups in total. The number of non-ortho nitro benzene ring substituents is 1. The van der Waals surface area contributed by atoms with Crippen LogP contribution in [0.15, 0.2) is 17.0 Å². The van der Waals surface area contributed by atoms with Crippen molar-refractivity contribution in [2.45, 2.75) is 11.4 Å². The van der Waals surface area contributed by atoms with Crippen molar-refractivity contribution in [1.82, 2.24) is 4.90 Å². The Morgan fingerprint density at radius 1 is 0.964 bits per heavy atom. The van der Waals surface area contributed by atoms with E-state index in [2.05, 4.69) is 17.5 Å². The first kappa shape index (κ1) is 22.7. The van der Waals surface area contributed by atoms with Gasteiger partial charge in [0.05, 0.1) is 57.8 Å². The van der Waals surface area contributed by atoms with Crippen LogP contribution in [0.3, 0.4) is 0 Å². The van der Waals surface area contributed by atoms with Gasteiger partial charge in [0.15, 0.2) is 6.29 Å². The number of hydrogen-bond donors (Lipinski definition) is 1. The minimum Gasteiger partial charge on any atom is -0.378 e. The highest BCUT2D eigenvalue weighted by atomic mass is 32.1. The number of rotatable bonds is 4. The minimum atomic E-state index is -0.512. The van der Waals surface area contributed by atoms with E-state index in [1.807, 2.05) is 0 Å². The van der Waals surface area contributed by atoms with Gasteiger partial charge in [-0.15, -0.1) is 12.6 Å². The van der Waals surface area contributed by atoms with Crippen LogP contribution < -0.4 is 0 Å². The molecule has 1 aromatic rings. The number of thiol groups is 1. The molecule has 2 rings (SSSR count). The van der Waals surface area contributed by atoms with E-state index >= 15 is 0 Å². The van der Waals surface area contributed by atoms with Crippen molar-refractivity contribution >= 4 is 24.6 Å². The summed E-state index contributed by atoms with van der Waals surface area (Å²) >= 11 is 4.39. The number of nitro groups is 1. The minimum absolute atomic E-state index is 0.130. The topological polar surface area (TPSA) is 100 Å². The summed E-state index contributed by atoms with van der Waals surface area (Å²) in [4.78, 5) is 24.4. The number of nitro benzene ring substituents is 1. The van der Waals surface area contributed by atoms with E-state index in [1.165, 1.54) is 12.1 Å². The zero-order valence-corrected chi connectivity index (χ0v) is 16.6. The van der Waals surface area contributed by atoms with E-state index in [4.69, 9.17) is 18.9 Å². The molecular weight excluding hydrogens is 388 g/mol. The molecule has 0 amide bonds. The maximum Gasteiger partial charge on any atom is 0.270 e. The summed E-state index contributed by atoms with van der Waals surface area (Å²) in [7, 11) is 0. The Balaban J connectivity index is 2.05. The molecule has 0 aromatic heterocycles. The predicted octanol–water partition coefficient (Wildman–Crippen LogP) is 1.58. The molecule has 0 spiro atoms. The van der Waals surface area contributed by atoms with Gasteiger partial charge < -0.3 is 18.9 Å². The Bertz CT molecular complexity index is 629. The molecule has 1 saturated heterocycles. The standard InChI is InChI=1S/C18H26N2O7S/c21-14-16-12-17(20(22)23)11-15(18(16)28)13-19-1-3-24-5-7-26-9-10-27-8-6-25-4-2-19/h11-12,14,28H,1-10,13H2. The number of nitrogens with zero attached hydrogens (tertiary/aromatic N) is 2. The fourth-order valence-corrected chi connectivity index (χ4v) is 2.93. The number of benzene rings is 1. The van der Waals surface area contributed by atoms with Crippen LogP contribution in [-0.2, 0) is 25.5 Å². The zero-order valence-electron chi connectivity index (χ0n) is 15.7. The first-order valence-corrected chi connectivity index (χ1v) is 9.55. The number of carbonyl (C=O) groups is 1. The fourth-order valence-electron chi connectivity index (χ4n) is 2.68. The van der Waals surface area contributed by atoms with Gasteiger partial charge in [0.1, 0.15) is 0 Å². The molecule has 1 fully saturated rings. The van der Waals surface area contributed by atoms with Gasteiger partial charge in [-0.2, -0.15) is 0 Å². The Morgan fingerprint density at radius 3 is 1.93 bits per heavy atom. The third kappa shape index (κ3) is 7.82. The van der Waals surface area contributed by atoms with Crippen LogP contribution in [0.4, 0.5) is 5.69 Å². The number of carbonyl (C=O) groups excluding carboxylic acids is 1. The molecule has 10 heteroatoms. The highest BCUT2D eigenvalue weighted by molar-refractivity contribution is 7.80. The fraction of sp³-hybridized carbons (Fsp3) is 0.611. The van der Waals surface area contributed by atoms with E-state index in [-0.39, 0.29) is 11.3 Å². The molecule has 0 saturated carbocycles. The zero-order chi connectivity index (χ0) is 20.2. The van der Waals surface area contributed by atoms with Crippen LogP contribution in [0.25, 0.3) is 0 Å². The third-order valence-electron chi connectivity index (χ3n) is 4.15. The van der Waals surface area contributed by atoms with Crippen LogP contribution >= 0.6 is 12.6 Å². The Kier molecular flexibility index (Phi) is 10.4. The summed E-state index contributed by atoms with van der Waals surface area (Å²) in [6.07, 6.45) is 0.580. The van der Waals surface area contributed by atoms with E-state index in [0.717, 1.165) is 0 Å². The van der Waals surface area contributed by atoms with Crippen molar-refractivity contribution in [1.29, 1.82) is 0 Å². The first-order valence-electron chi connectivity index (χ1n) is 9.10. The Morgan fingerprint density at radius 2 is 1.46 bits per heavy atom. The van der Waals surface area contributed by atoms with Crippen LogP contribution in [0.2, 0.25) is 0 Å². The third-order valence-corrected chi connectivity index (χ3v) is 4.70. The quantitative estimate of drug-likeness (QED) is 0.343. The van der Waals surface area contributed by atoms with Gasteiger partial charge in [0.25, 0.3) is 5.69 Å². The van der Waals surface area contributed by atoms with Gasteiger partial charge in [0, 0.05) is 42.2 Å². The van der Waals surface area contributed by atoms with Crippen molar-refractivity contribution < 1.29 is 28.7 Å². The van der Waals surface area contributed by atoms with E-state index in [0.29, 0.717) is 89.2 Å². The van der Waals surface area contributed by atoms with Crippen LogP contribution in [0, 0.1) is 10.1 Å². The number of aldehydes is 1. The van der Waals surface area contributed by atoms with Crippen molar-refractivity contribution in [2.75, 3.05) is 65.9 Å². The summed E-state index contributed by atoms with van der Waals surface area (Å²) < 4.78 is 22.0. The van der Waals surface area contributed by atoms with Crippen molar-refractivity contribution in [3.8, 4) is 0 Å². The van der Waals surface area contributed by atoms with Gasteiger partial charge in [-0.1, -0.05) is 0 Å². The molecule has 1 aromatic carbocycles. The van der Waals surface area contributed by atoms with Gasteiger partial charge >= 0.3 is 0 Å². The first-order chi connectivity index (χ1) is 13.6. The number of ether oxygens (including phenoxy) is 4. The van der Waals surface area contributed by atoms with Crippen LogP contribution in [0.5, 0.6) is 0 Å². The smallest absolute Gasteiger partial charge is 0.270 e. The molecular formula is C18H26N2O7S. The van der Waals surface area contributed by atoms with E-state index in [9.17, 15) is 14.9 Å². The van der Waals surface area contributed by atoms with Crippen LogP contribution in [0.1, 0.15) is 15.9 Å². The molecule has 0 atom stereocenters. The summed E-state index contributed by atoms with van der Waals surface area (Å²) in [5.41, 5.74) is 0.687. The lowest BCUT2D eigenvalue weighted by molar-refractivity contribution is -0.385. The molecule has 1 aliphatic heterocycles. The summed E-state index contributed by atoms with van der Waals surface area (Å²) in [5, 5.41) is 11.2. The molecule has 0 aliphatic carbocycles. The second kappa shape index (κ2) is 12.8. The average Bonchev–Trinajstić information content (AvgIpc) is 2.69. The predicted molar refractivity (Wildman–Crippen MR) is 104 cm³/mol. The second-order valence-electron chi connectivity index (χ2n) is 6.14. The maximum absolute atomic E-state index is 11.2. The van der Waals surface area contributed by atoms with Gasteiger partial charge in [-0.3, -0.25) is 19.8 Å². The largest absolute Gasteiger partial charge is 0.378 e. The molecule has 1 heterocycles. The summed E-state index contributed by atoms with van der Waals surface area (Å²) in [6.45, 7) is 5.55. The Labute approximate surface area is 169 Å². The lowest BCUT2D eigenvalue weighted by Gasteiger charge is -2.23. The SMILES string of the molecule is O=Cc1cc([N+](=O)[O-])cc(CN2CCOCCOCCOCCOCC2)c1S. The molecule has 1 aliphatic rings. The lowest BCUT2D eigenvalue weighted by Crippen LogP contribution is -2.31. The van der Waals surface area contributed by atoms with Crippen LogP contribution in [-0.4, -0.2) is 82.1 Å².